The summed E-state index contributed by atoms with van der Waals surface area (Å²) in [7, 11) is 0. The van der Waals surface area contributed by atoms with Crippen molar-refractivity contribution in [2.24, 2.45) is 0 Å². The van der Waals surface area contributed by atoms with Gasteiger partial charge in [0.2, 0.25) is 0 Å². The maximum absolute atomic E-state index is 10.1. The molecule has 46 heavy (non-hydrogen) atoms. The Balaban J connectivity index is -0.0000000252. The molecule has 0 bridgehead atoms. The van der Waals surface area contributed by atoms with Crippen LogP contribution in [0.15, 0.2) is 0 Å². The Morgan fingerprint density at radius 3 is 0.674 bits per heavy atom. The van der Waals surface area contributed by atoms with Crippen LogP contribution in [-0.4, -0.2) is 270 Å². The average Bonchev–Trinajstić information content (AvgIpc) is 2.58. The SMILES string of the molecule is O.O.O.O.O.O.O.O=C([O-])CC(O)(CC(=O)[O-])C(=O)[O-].O=C([O-])CC(O)(CC(=O)[O-])C(=O)[O-].O=C([O-])CC(O)C(=O)[O-].[Ca+2].[Ca+2].[Ca+2].[Ca+2]. The van der Waals surface area contributed by atoms with Crippen LogP contribution in [0.3, 0.4) is 0 Å². The summed E-state index contributed by atoms with van der Waals surface area (Å²) in [4.78, 5) is 79.1. The predicted octanol–water partition coefficient (Wildman–Crippen LogP) is -21.6. The maximum Gasteiger partial charge on any atom is 2.00 e. The first-order valence-electron chi connectivity index (χ1n) is 8.35. The zero-order chi connectivity index (χ0) is 28.7. The van der Waals surface area contributed by atoms with E-state index in [2.05, 4.69) is 0 Å². The van der Waals surface area contributed by atoms with Crippen molar-refractivity contribution in [2.75, 3.05) is 0 Å². The van der Waals surface area contributed by atoms with Gasteiger partial charge >= 0.3 is 151 Å². The first-order valence-corrected chi connectivity index (χ1v) is 8.35. The minimum absolute atomic E-state index is 0. The molecule has 0 saturated carbocycles. The minimum Gasteiger partial charge on any atom is -0.550 e. The van der Waals surface area contributed by atoms with E-state index in [4.69, 9.17) is 15.3 Å². The largest absolute Gasteiger partial charge is 2.00 e. The van der Waals surface area contributed by atoms with Crippen LogP contribution >= 0.6 is 0 Å². The van der Waals surface area contributed by atoms with E-state index in [-0.39, 0.29) is 189 Å². The van der Waals surface area contributed by atoms with Crippen molar-refractivity contribution >= 4 is 199 Å². The molecule has 0 aromatic rings. The zero-order valence-electron chi connectivity index (χ0n) is 23.3. The summed E-state index contributed by atoms with van der Waals surface area (Å²) in [6.07, 6.45) is -8.32. The van der Waals surface area contributed by atoms with E-state index in [0.29, 0.717) is 0 Å². The molecule has 0 fully saturated rings. The molecule has 1 atom stereocenters. The van der Waals surface area contributed by atoms with E-state index in [9.17, 15) is 79.2 Å². The Hall–Kier alpha value is 0.399. The van der Waals surface area contributed by atoms with Crippen LogP contribution in [0.5, 0.6) is 0 Å². The molecule has 26 nitrogen and oxygen atoms in total. The number of carboxylic acids is 8. The van der Waals surface area contributed by atoms with Gasteiger partial charge in [0.25, 0.3) is 0 Å². The van der Waals surface area contributed by atoms with Crippen LogP contribution in [0.25, 0.3) is 0 Å². The smallest absolute Gasteiger partial charge is 0.550 e. The van der Waals surface area contributed by atoms with Gasteiger partial charge in [-0.3, -0.25) is 0 Å². The van der Waals surface area contributed by atoms with Gasteiger partial charge in [0.1, 0.15) is 11.2 Å². The maximum atomic E-state index is 10.1. The summed E-state index contributed by atoms with van der Waals surface area (Å²) in [5.74, 6) is -15.4. The average molecular weight is 797 g/mol. The third-order valence-electron chi connectivity index (χ3n) is 3.14. The van der Waals surface area contributed by atoms with E-state index in [1.165, 1.54) is 0 Å². The molecule has 0 aliphatic carbocycles. The van der Waals surface area contributed by atoms with Crippen molar-refractivity contribution in [3.63, 3.8) is 0 Å². The number of carbonyl (C=O) groups is 8. The predicted molar refractivity (Wildman–Crippen MR) is 127 cm³/mol. The summed E-state index contributed by atoms with van der Waals surface area (Å²) in [5.41, 5.74) is -5.95. The number of hydrogen-bond acceptors (Lipinski definition) is 19. The van der Waals surface area contributed by atoms with Crippen LogP contribution < -0.4 is 40.9 Å². The number of aliphatic hydroxyl groups is 3. The van der Waals surface area contributed by atoms with E-state index < -0.39 is 97.2 Å². The van der Waals surface area contributed by atoms with Gasteiger partial charge in [-0.25, -0.2) is 0 Å². The molecule has 256 valence electrons. The summed E-state index contributed by atoms with van der Waals surface area (Å²) in [5, 5.41) is 105. The second-order valence-electron chi connectivity index (χ2n) is 6.24. The van der Waals surface area contributed by atoms with Crippen LogP contribution in [-0.2, 0) is 38.4 Å². The van der Waals surface area contributed by atoms with Gasteiger partial charge in [-0.2, -0.15) is 0 Å². The molecular formula is C16H28Ca4O26. The van der Waals surface area contributed by atoms with Gasteiger partial charge in [-0.15, -0.1) is 0 Å². The second kappa shape index (κ2) is 45.4. The fraction of sp³-hybridized carbons (Fsp3) is 0.500. The number of aliphatic carboxylic acids is 8. The first kappa shape index (κ1) is 91.1. The van der Waals surface area contributed by atoms with E-state index in [0.717, 1.165) is 0 Å². The van der Waals surface area contributed by atoms with Crippen LogP contribution in [0.1, 0.15) is 32.1 Å². The topological polar surface area (TPSA) is 602 Å². The van der Waals surface area contributed by atoms with Crippen molar-refractivity contribution in [3.05, 3.63) is 0 Å². The third-order valence-corrected chi connectivity index (χ3v) is 3.14. The van der Waals surface area contributed by atoms with Crippen LogP contribution in [0.4, 0.5) is 0 Å². The molecule has 0 aromatic heterocycles. The zero-order valence-corrected chi connectivity index (χ0v) is 32.1. The van der Waals surface area contributed by atoms with Crippen LogP contribution in [0.2, 0.25) is 0 Å². The third kappa shape index (κ3) is 51.2. The standard InChI is InChI=1S/2C6H8O7.C4H6O5.4Ca.7H2O/c2*7-3(8)1-6(13,5(11)12)2-4(9)10;5-2(4(8)9)1-3(6)7;;;;;;;;;;;/h2*13H,1-2H2,(H,7,8)(H,9,10)(H,11,12);2,5H,1H2,(H,6,7)(H,8,9);;;;;7*1H2/q;;;4*+2;;;;;;;/p-8. The first-order chi connectivity index (χ1) is 15.6. The van der Waals surface area contributed by atoms with Crippen molar-refractivity contribution in [3.8, 4) is 0 Å². The molecule has 0 heterocycles. The van der Waals surface area contributed by atoms with Gasteiger partial charge in [0, 0.05) is 62.0 Å². The Kier molecular flexibility index (Phi) is 89.9. The second-order valence-corrected chi connectivity index (χ2v) is 6.24. The molecule has 30 heteroatoms. The summed E-state index contributed by atoms with van der Waals surface area (Å²) < 4.78 is 0. The van der Waals surface area contributed by atoms with E-state index in [1.807, 2.05) is 0 Å². The van der Waals surface area contributed by atoms with Gasteiger partial charge in [-0.05, 0) is 0 Å². The Morgan fingerprint density at radius 2 is 0.609 bits per heavy atom. The van der Waals surface area contributed by atoms with Gasteiger partial charge < -0.3 is 133 Å². The van der Waals surface area contributed by atoms with Crippen molar-refractivity contribution in [1.82, 2.24) is 0 Å². The van der Waals surface area contributed by atoms with Crippen molar-refractivity contribution in [1.29, 1.82) is 0 Å². The van der Waals surface area contributed by atoms with Crippen molar-refractivity contribution < 1.29 is 133 Å². The van der Waals surface area contributed by atoms with Crippen LogP contribution in [0, 0.1) is 0 Å². The summed E-state index contributed by atoms with van der Waals surface area (Å²) in [6, 6.07) is 0. The molecule has 17 N–H and O–H groups in total. The molecule has 0 rings (SSSR count). The Morgan fingerprint density at radius 1 is 0.435 bits per heavy atom. The van der Waals surface area contributed by atoms with E-state index in [1.54, 1.807) is 0 Å². The fourth-order valence-corrected chi connectivity index (χ4v) is 1.61. The molecule has 0 aliphatic rings. The monoisotopic (exact) mass is 796 g/mol. The summed E-state index contributed by atoms with van der Waals surface area (Å²) >= 11 is 0. The number of carboxylic acid groups (broad SMARTS) is 8. The van der Waals surface area contributed by atoms with E-state index >= 15 is 0 Å². The quantitative estimate of drug-likeness (QED) is 0.146. The molecule has 0 saturated heterocycles. The normalized spacial score (nSPS) is 8.59. The minimum atomic E-state index is -2.97. The fourth-order valence-electron chi connectivity index (χ4n) is 1.61. The van der Waals surface area contributed by atoms with Gasteiger partial charge in [-0.1, -0.05) is 0 Å². The molecule has 0 radical (unpaired) electrons. The van der Waals surface area contributed by atoms with Crippen molar-refractivity contribution in [2.45, 2.75) is 49.4 Å². The molecule has 1 unspecified atom stereocenters. The number of aliphatic hydroxyl groups excluding tert-OH is 1. The Bertz CT molecular complexity index is 768. The molecular weight excluding hydrogens is 768 g/mol. The number of rotatable bonds is 13. The molecule has 0 aromatic carbocycles. The number of hydrogen-bond donors (Lipinski definition) is 3. The molecule has 0 spiro atoms. The molecule has 0 amide bonds. The number of carbonyl (C=O) groups excluding carboxylic acids is 8. The Labute approximate surface area is 375 Å². The van der Waals surface area contributed by atoms with Gasteiger partial charge in [0.05, 0.1) is 24.0 Å². The summed E-state index contributed by atoms with van der Waals surface area (Å²) in [6.45, 7) is 0. The van der Waals surface area contributed by atoms with Gasteiger partial charge in [0.15, 0.2) is 0 Å². The molecule has 0 aliphatic heterocycles.